The molecule has 1 saturated heterocycles. The summed E-state index contributed by atoms with van der Waals surface area (Å²) in [7, 11) is 1.69. The number of carbonyl (C=O) groups excluding carboxylic acids is 3. The predicted octanol–water partition coefficient (Wildman–Crippen LogP) is 4.37. The minimum absolute atomic E-state index is 0.0390. The Bertz CT molecular complexity index is 1050. The Kier molecular flexibility index (Phi) is 5.33. The van der Waals surface area contributed by atoms with Crippen LogP contribution in [0.15, 0.2) is 42.5 Å². The van der Waals surface area contributed by atoms with Crippen LogP contribution in [0.2, 0.25) is 0 Å². The van der Waals surface area contributed by atoms with Crippen LogP contribution in [0.5, 0.6) is 0 Å². The number of amides is 2. The van der Waals surface area contributed by atoms with Crippen molar-refractivity contribution in [2.75, 3.05) is 20.1 Å². The van der Waals surface area contributed by atoms with E-state index in [0.717, 1.165) is 24.0 Å². The van der Waals surface area contributed by atoms with E-state index in [9.17, 15) is 14.4 Å². The number of hydrogen-bond donors (Lipinski definition) is 0. The molecule has 0 saturated carbocycles. The highest BCUT2D eigenvalue weighted by molar-refractivity contribution is 6.22. The molecule has 4 rings (SSSR count). The van der Waals surface area contributed by atoms with E-state index < -0.39 is 11.7 Å². The Morgan fingerprint density at radius 2 is 1.74 bits per heavy atom. The zero-order valence-electron chi connectivity index (χ0n) is 18.5. The Balaban J connectivity index is 1.51. The van der Waals surface area contributed by atoms with Gasteiger partial charge in [-0.15, -0.1) is 0 Å². The summed E-state index contributed by atoms with van der Waals surface area (Å²) in [6.07, 6.45) is 1.31. The van der Waals surface area contributed by atoms with Crippen molar-refractivity contribution in [3.05, 3.63) is 59.2 Å². The van der Waals surface area contributed by atoms with Gasteiger partial charge >= 0.3 is 6.09 Å². The van der Waals surface area contributed by atoms with Gasteiger partial charge in [-0.1, -0.05) is 30.3 Å². The molecular weight excluding hydrogens is 392 g/mol. The second kappa shape index (κ2) is 7.84. The molecule has 1 fully saturated rings. The van der Waals surface area contributed by atoms with Crippen LogP contribution in [0.4, 0.5) is 4.79 Å². The lowest BCUT2D eigenvalue weighted by atomic mass is 10.0. The highest BCUT2D eigenvalue weighted by Gasteiger charge is 2.33. The number of fused-ring (bicyclic) bond motifs is 3. The molecule has 0 aromatic heterocycles. The topological polar surface area (TPSA) is 66.9 Å². The maximum absolute atomic E-state index is 13.3. The van der Waals surface area contributed by atoms with Crippen LogP contribution in [-0.2, 0) is 4.74 Å². The largest absolute Gasteiger partial charge is 0.444 e. The highest BCUT2D eigenvalue weighted by atomic mass is 16.6. The second-order valence-corrected chi connectivity index (χ2v) is 9.29. The van der Waals surface area contributed by atoms with Crippen molar-refractivity contribution in [1.29, 1.82) is 0 Å². The summed E-state index contributed by atoms with van der Waals surface area (Å²) in [5.74, 6) is -0.144. The van der Waals surface area contributed by atoms with Crippen molar-refractivity contribution < 1.29 is 19.1 Å². The molecule has 2 aromatic carbocycles. The van der Waals surface area contributed by atoms with Gasteiger partial charge in [0.05, 0.1) is 0 Å². The van der Waals surface area contributed by atoms with E-state index in [1.54, 1.807) is 19.2 Å². The van der Waals surface area contributed by atoms with Gasteiger partial charge in [0, 0.05) is 42.9 Å². The molecule has 0 radical (unpaired) electrons. The van der Waals surface area contributed by atoms with Gasteiger partial charge in [-0.3, -0.25) is 9.59 Å². The van der Waals surface area contributed by atoms with Crippen LogP contribution >= 0.6 is 0 Å². The maximum atomic E-state index is 13.3. The lowest BCUT2D eigenvalue weighted by Crippen LogP contribution is -2.45. The van der Waals surface area contributed by atoms with Crippen molar-refractivity contribution in [3.63, 3.8) is 0 Å². The molecule has 1 aliphatic heterocycles. The first kappa shape index (κ1) is 21.1. The van der Waals surface area contributed by atoms with Gasteiger partial charge in [0.2, 0.25) is 0 Å². The van der Waals surface area contributed by atoms with Gasteiger partial charge in [-0.2, -0.15) is 0 Å². The zero-order valence-corrected chi connectivity index (χ0v) is 18.5. The molecule has 0 unspecified atom stereocenters. The molecular formula is C25H28N2O4. The summed E-state index contributed by atoms with van der Waals surface area (Å²) in [6.45, 7) is 6.54. The average Bonchev–Trinajstić information content (AvgIpc) is 3.29. The number of likely N-dealkylation sites (N-methyl/N-ethyl adjacent to an activating group) is 1. The molecule has 31 heavy (non-hydrogen) atoms. The minimum atomic E-state index is -0.564. The van der Waals surface area contributed by atoms with Crippen molar-refractivity contribution in [3.8, 4) is 11.1 Å². The summed E-state index contributed by atoms with van der Waals surface area (Å²) < 4.78 is 5.43. The van der Waals surface area contributed by atoms with Gasteiger partial charge in [-0.25, -0.2) is 4.79 Å². The molecule has 2 aliphatic rings. The van der Waals surface area contributed by atoms with Gasteiger partial charge in [0.15, 0.2) is 5.78 Å². The number of rotatable bonds is 3. The molecule has 0 spiro atoms. The summed E-state index contributed by atoms with van der Waals surface area (Å²) in [5, 5.41) is 0. The average molecular weight is 421 g/mol. The van der Waals surface area contributed by atoms with E-state index in [0.29, 0.717) is 29.8 Å². The molecule has 2 amide bonds. The summed E-state index contributed by atoms with van der Waals surface area (Å²) >= 11 is 0. The number of benzene rings is 2. The van der Waals surface area contributed by atoms with Crippen molar-refractivity contribution >= 4 is 17.8 Å². The van der Waals surface area contributed by atoms with E-state index in [-0.39, 0.29) is 17.7 Å². The highest BCUT2D eigenvalue weighted by Crippen LogP contribution is 2.37. The normalized spacial score (nSPS) is 17.4. The summed E-state index contributed by atoms with van der Waals surface area (Å²) in [6, 6.07) is 12.8. The molecule has 6 nitrogen and oxygen atoms in total. The molecule has 6 heteroatoms. The maximum Gasteiger partial charge on any atom is 0.410 e. The molecule has 0 bridgehead atoms. The number of ether oxygens (including phenoxy) is 1. The third-order valence-electron chi connectivity index (χ3n) is 5.80. The number of nitrogens with zero attached hydrogens (tertiary/aromatic N) is 2. The third-order valence-corrected chi connectivity index (χ3v) is 5.80. The minimum Gasteiger partial charge on any atom is -0.444 e. The second-order valence-electron chi connectivity index (χ2n) is 9.29. The summed E-state index contributed by atoms with van der Waals surface area (Å²) in [4.78, 5) is 41.8. The van der Waals surface area contributed by atoms with Crippen LogP contribution in [0, 0.1) is 0 Å². The van der Waals surface area contributed by atoms with Crippen LogP contribution in [0.3, 0.4) is 0 Å². The first-order chi connectivity index (χ1) is 14.7. The van der Waals surface area contributed by atoms with Gasteiger partial charge in [0.1, 0.15) is 5.60 Å². The fourth-order valence-corrected chi connectivity index (χ4v) is 4.35. The lowest BCUT2D eigenvalue weighted by Gasteiger charge is -2.30. The quantitative estimate of drug-likeness (QED) is 0.631. The fourth-order valence-electron chi connectivity index (χ4n) is 4.35. The first-order valence-electron chi connectivity index (χ1n) is 10.7. The lowest BCUT2D eigenvalue weighted by molar-refractivity contribution is 0.0252. The Morgan fingerprint density at radius 3 is 2.45 bits per heavy atom. The third kappa shape index (κ3) is 4.07. The van der Waals surface area contributed by atoms with Crippen LogP contribution in [0.25, 0.3) is 11.1 Å². The van der Waals surface area contributed by atoms with E-state index in [2.05, 4.69) is 0 Å². The van der Waals surface area contributed by atoms with Crippen LogP contribution in [-0.4, -0.2) is 59.4 Å². The number of likely N-dealkylation sites (tertiary alicyclic amines) is 1. The predicted molar refractivity (Wildman–Crippen MR) is 118 cm³/mol. The smallest absolute Gasteiger partial charge is 0.410 e. The van der Waals surface area contributed by atoms with E-state index >= 15 is 0 Å². The van der Waals surface area contributed by atoms with Gasteiger partial charge < -0.3 is 14.5 Å². The van der Waals surface area contributed by atoms with E-state index in [4.69, 9.17) is 4.74 Å². The summed E-state index contributed by atoms with van der Waals surface area (Å²) in [5.41, 5.74) is 2.99. The van der Waals surface area contributed by atoms with Gasteiger partial charge in [0.25, 0.3) is 5.91 Å². The molecule has 2 aromatic rings. The SMILES string of the molecule is CN(C[C@H]1CCCN1C(=O)c1ccc2c(c1)C(=O)c1ccccc1-2)C(=O)OC(C)(C)C. The Labute approximate surface area is 182 Å². The van der Waals surface area contributed by atoms with Gasteiger partial charge in [-0.05, 0) is 56.9 Å². The number of carbonyl (C=O) groups is 3. The Hall–Kier alpha value is -3.15. The van der Waals surface area contributed by atoms with E-state index in [1.165, 1.54) is 4.90 Å². The molecule has 1 aliphatic carbocycles. The number of ketones is 1. The van der Waals surface area contributed by atoms with Crippen LogP contribution in [0.1, 0.15) is 59.9 Å². The molecule has 1 heterocycles. The zero-order chi connectivity index (χ0) is 22.3. The van der Waals surface area contributed by atoms with Crippen molar-refractivity contribution in [2.24, 2.45) is 0 Å². The van der Waals surface area contributed by atoms with Crippen molar-refractivity contribution in [1.82, 2.24) is 9.80 Å². The number of hydrogen-bond acceptors (Lipinski definition) is 4. The van der Waals surface area contributed by atoms with Crippen molar-refractivity contribution in [2.45, 2.75) is 45.3 Å². The Morgan fingerprint density at radius 1 is 1.06 bits per heavy atom. The molecule has 0 N–H and O–H groups in total. The molecule has 162 valence electrons. The monoisotopic (exact) mass is 420 g/mol. The standard InChI is InChI=1S/C25H28N2O4/c1-25(2,3)31-24(30)26(4)15-17-8-7-13-27(17)23(29)16-11-12-19-18-9-5-6-10-20(18)22(28)21(19)14-16/h5-6,9-12,14,17H,7-8,13,15H2,1-4H3/t17-/m1/s1. The van der Waals surface area contributed by atoms with Crippen LogP contribution < -0.4 is 0 Å². The fraction of sp³-hybridized carbons (Fsp3) is 0.400. The first-order valence-corrected chi connectivity index (χ1v) is 10.7. The molecule has 1 atom stereocenters. The van der Waals surface area contributed by atoms with E-state index in [1.807, 2.05) is 56.0 Å².